The molecule has 32 heavy (non-hydrogen) atoms. The summed E-state index contributed by atoms with van der Waals surface area (Å²) >= 11 is 0.909. The van der Waals surface area contributed by atoms with Crippen LogP contribution in [0.2, 0.25) is 0 Å². The molecule has 8 heteroatoms. The van der Waals surface area contributed by atoms with Crippen LogP contribution in [0.4, 0.5) is 4.79 Å². The Hall–Kier alpha value is -3.65. The summed E-state index contributed by atoms with van der Waals surface area (Å²) < 4.78 is 1.70. The van der Waals surface area contributed by atoms with Gasteiger partial charge in [-0.15, -0.1) is 0 Å². The molecule has 0 aliphatic carbocycles. The van der Waals surface area contributed by atoms with E-state index in [4.69, 9.17) is 0 Å². The Morgan fingerprint density at radius 3 is 2.50 bits per heavy atom. The van der Waals surface area contributed by atoms with Crippen molar-refractivity contribution in [1.82, 2.24) is 20.0 Å². The van der Waals surface area contributed by atoms with Crippen LogP contribution < -0.4 is 5.32 Å². The van der Waals surface area contributed by atoms with Crippen molar-refractivity contribution in [2.75, 3.05) is 13.1 Å². The van der Waals surface area contributed by atoms with Gasteiger partial charge in [-0.05, 0) is 55.4 Å². The van der Waals surface area contributed by atoms with Crippen LogP contribution in [-0.4, -0.2) is 44.8 Å². The average molecular weight is 447 g/mol. The minimum atomic E-state index is -0.357. The predicted octanol–water partition coefficient (Wildman–Crippen LogP) is 3.96. The fourth-order valence-corrected chi connectivity index (χ4v) is 4.16. The van der Waals surface area contributed by atoms with Crippen LogP contribution in [0.25, 0.3) is 11.8 Å². The fourth-order valence-electron chi connectivity index (χ4n) is 3.29. The van der Waals surface area contributed by atoms with Gasteiger partial charge < -0.3 is 5.32 Å². The van der Waals surface area contributed by atoms with Crippen LogP contribution in [0.3, 0.4) is 0 Å². The minimum Gasteiger partial charge on any atom is -0.349 e. The largest absolute Gasteiger partial charge is 0.349 e. The number of nitrogens with zero attached hydrogens (tertiary/aromatic N) is 3. The molecule has 0 radical (unpaired) electrons. The molecule has 2 heterocycles. The van der Waals surface area contributed by atoms with Gasteiger partial charge in [-0.2, -0.15) is 5.10 Å². The highest BCUT2D eigenvalue weighted by atomic mass is 32.2. The van der Waals surface area contributed by atoms with E-state index in [1.54, 1.807) is 16.8 Å². The molecular weight excluding hydrogens is 424 g/mol. The first-order chi connectivity index (χ1) is 15.4. The van der Waals surface area contributed by atoms with Crippen molar-refractivity contribution >= 4 is 34.9 Å². The van der Waals surface area contributed by atoms with E-state index in [1.807, 2.05) is 68.4 Å². The number of benzene rings is 2. The Morgan fingerprint density at radius 2 is 1.78 bits per heavy atom. The molecule has 0 spiro atoms. The summed E-state index contributed by atoms with van der Waals surface area (Å²) in [6.07, 6.45) is 1.71. The normalized spacial score (nSPS) is 14.9. The zero-order valence-corrected chi connectivity index (χ0v) is 18.6. The number of hydrogen-bond acceptors (Lipinski definition) is 5. The maximum atomic E-state index is 12.6. The molecule has 1 aromatic heterocycles. The first kappa shape index (κ1) is 21.6. The highest BCUT2D eigenvalue weighted by Gasteiger charge is 2.34. The number of aromatic nitrogens is 2. The van der Waals surface area contributed by atoms with Gasteiger partial charge in [0.25, 0.3) is 17.1 Å². The topological polar surface area (TPSA) is 84.3 Å². The third kappa shape index (κ3) is 4.65. The van der Waals surface area contributed by atoms with E-state index < -0.39 is 0 Å². The van der Waals surface area contributed by atoms with E-state index in [9.17, 15) is 14.4 Å². The number of amides is 3. The predicted molar refractivity (Wildman–Crippen MR) is 124 cm³/mol. The van der Waals surface area contributed by atoms with E-state index in [-0.39, 0.29) is 35.8 Å². The average Bonchev–Trinajstić information content (AvgIpc) is 3.30. The van der Waals surface area contributed by atoms with Crippen LogP contribution in [0, 0.1) is 13.8 Å². The highest BCUT2D eigenvalue weighted by molar-refractivity contribution is 8.18. The maximum absolute atomic E-state index is 12.6. The molecule has 4 rings (SSSR count). The highest BCUT2D eigenvalue weighted by Crippen LogP contribution is 2.31. The van der Waals surface area contributed by atoms with Gasteiger partial charge in [0.15, 0.2) is 5.69 Å². The Labute approximate surface area is 190 Å². The number of hydrogen-bond donors (Lipinski definition) is 1. The number of rotatable bonds is 6. The van der Waals surface area contributed by atoms with Crippen LogP contribution in [-0.2, 0) is 4.79 Å². The van der Waals surface area contributed by atoms with Crippen molar-refractivity contribution in [2.45, 2.75) is 13.8 Å². The lowest BCUT2D eigenvalue weighted by Gasteiger charge is -2.12. The van der Waals surface area contributed by atoms with Crippen molar-refractivity contribution in [2.24, 2.45) is 0 Å². The van der Waals surface area contributed by atoms with E-state index in [0.717, 1.165) is 39.2 Å². The molecule has 1 N–H and O–H groups in total. The quantitative estimate of drug-likeness (QED) is 0.580. The monoisotopic (exact) mass is 446 g/mol. The molecule has 0 saturated carbocycles. The van der Waals surface area contributed by atoms with Crippen molar-refractivity contribution < 1.29 is 14.4 Å². The number of para-hydroxylation sites is 1. The van der Waals surface area contributed by atoms with Gasteiger partial charge in [-0.1, -0.05) is 48.0 Å². The molecule has 0 bridgehead atoms. The fraction of sp³-hybridized carbons (Fsp3) is 0.167. The summed E-state index contributed by atoms with van der Waals surface area (Å²) in [5.74, 6) is -0.705. The zero-order valence-electron chi connectivity index (χ0n) is 17.7. The zero-order chi connectivity index (χ0) is 22.7. The molecular formula is C24H22N4O3S. The van der Waals surface area contributed by atoms with Gasteiger partial charge in [0.05, 0.1) is 10.6 Å². The van der Waals surface area contributed by atoms with Gasteiger partial charge in [-0.25, -0.2) is 4.68 Å². The van der Waals surface area contributed by atoms with Gasteiger partial charge in [0.2, 0.25) is 0 Å². The third-order valence-electron chi connectivity index (χ3n) is 4.99. The number of carbonyl (C=O) groups is 3. The van der Waals surface area contributed by atoms with Crippen LogP contribution in [0.1, 0.15) is 27.3 Å². The lowest BCUT2D eigenvalue weighted by molar-refractivity contribution is -0.122. The van der Waals surface area contributed by atoms with Crippen molar-refractivity contribution in [3.8, 4) is 5.69 Å². The smallest absolute Gasteiger partial charge is 0.293 e. The molecule has 2 aromatic carbocycles. The number of nitrogens with one attached hydrogen (secondary N) is 1. The maximum Gasteiger partial charge on any atom is 0.293 e. The summed E-state index contributed by atoms with van der Waals surface area (Å²) in [7, 11) is 0. The van der Waals surface area contributed by atoms with Crippen molar-refractivity contribution in [3.05, 3.63) is 88.1 Å². The summed E-state index contributed by atoms with van der Waals surface area (Å²) in [5, 5.41) is 6.77. The van der Waals surface area contributed by atoms with Gasteiger partial charge in [0, 0.05) is 18.8 Å². The van der Waals surface area contributed by atoms with E-state index in [1.165, 1.54) is 0 Å². The Balaban J connectivity index is 1.36. The molecule has 7 nitrogen and oxygen atoms in total. The van der Waals surface area contributed by atoms with Gasteiger partial charge in [-0.3, -0.25) is 19.3 Å². The van der Waals surface area contributed by atoms with E-state index in [2.05, 4.69) is 10.4 Å². The van der Waals surface area contributed by atoms with Gasteiger partial charge in [0.1, 0.15) is 0 Å². The second-order valence-corrected chi connectivity index (χ2v) is 8.41. The minimum absolute atomic E-state index is 0.0972. The standard InChI is InChI=1S/C24H22N4O3S/c1-16-8-10-18(11-9-16)15-21-23(30)27(24(31)32-21)13-12-25-22(29)20-14-17(2)28(26-20)19-6-4-3-5-7-19/h3-11,14-15H,12-13H2,1-2H3,(H,25,29)/b21-15+. The lowest BCUT2D eigenvalue weighted by Crippen LogP contribution is -2.37. The van der Waals surface area contributed by atoms with Gasteiger partial charge >= 0.3 is 0 Å². The Kier molecular flexibility index (Phi) is 6.23. The number of imide groups is 1. The summed E-state index contributed by atoms with van der Waals surface area (Å²) in [6, 6.07) is 18.9. The molecule has 162 valence electrons. The van der Waals surface area contributed by atoms with E-state index >= 15 is 0 Å². The molecule has 3 amide bonds. The Bertz CT molecular complexity index is 1200. The van der Waals surface area contributed by atoms with Crippen LogP contribution in [0.15, 0.2) is 65.6 Å². The van der Waals surface area contributed by atoms with E-state index in [0.29, 0.717) is 4.91 Å². The van der Waals surface area contributed by atoms with Crippen LogP contribution >= 0.6 is 11.8 Å². The van der Waals surface area contributed by atoms with Crippen LogP contribution in [0.5, 0.6) is 0 Å². The summed E-state index contributed by atoms with van der Waals surface area (Å²) in [5.41, 5.74) is 3.95. The summed E-state index contributed by atoms with van der Waals surface area (Å²) in [6.45, 7) is 4.10. The van der Waals surface area contributed by atoms with Crippen molar-refractivity contribution in [1.29, 1.82) is 0 Å². The second-order valence-electron chi connectivity index (χ2n) is 7.42. The first-order valence-electron chi connectivity index (χ1n) is 10.1. The third-order valence-corrected chi connectivity index (χ3v) is 5.90. The molecule has 1 fully saturated rings. The number of aryl methyl sites for hydroxylation is 2. The molecule has 0 atom stereocenters. The summed E-state index contributed by atoms with van der Waals surface area (Å²) in [4.78, 5) is 39.0. The first-order valence-corrected chi connectivity index (χ1v) is 11.0. The SMILES string of the molecule is Cc1ccc(/C=C2/SC(=O)N(CCNC(=O)c3cc(C)n(-c4ccccc4)n3)C2=O)cc1. The molecule has 3 aromatic rings. The number of thioether (sulfide) groups is 1. The second kappa shape index (κ2) is 9.23. The molecule has 0 unspecified atom stereocenters. The molecule has 1 saturated heterocycles. The Morgan fingerprint density at radius 1 is 1.06 bits per heavy atom. The lowest BCUT2D eigenvalue weighted by atomic mass is 10.1. The molecule has 1 aliphatic heterocycles. The number of carbonyl (C=O) groups excluding carboxylic acids is 3. The van der Waals surface area contributed by atoms with Crippen molar-refractivity contribution in [3.63, 3.8) is 0 Å². The molecule has 1 aliphatic rings.